The summed E-state index contributed by atoms with van der Waals surface area (Å²) in [6, 6.07) is 10.9. The van der Waals surface area contributed by atoms with Gasteiger partial charge in [-0.2, -0.15) is 0 Å². The van der Waals surface area contributed by atoms with E-state index in [-0.39, 0.29) is 17.0 Å². The van der Waals surface area contributed by atoms with E-state index >= 15 is 0 Å². The predicted molar refractivity (Wildman–Crippen MR) is 101 cm³/mol. The zero-order valence-corrected chi connectivity index (χ0v) is 15.4. The van der Waals surface area contributed by atoms with Gasteiger partial charge in [0, 0.05) is 10.0 Å². The summed E-state index contributed by atoms with van der Waals surface area (Å²) in [5.41, 5.74) is 1.39. The molecule has 2 aromatic rings. The summed E-state index contributed by atoms with van der Waals surface area (Å²) in [4.78, 5) is 37.0. The summed E-state index contributed by atoms with van der Waals surface area (Å²) >= 11 is 12.8. The first-order valence-corrected chi connectivity index (χ1v) is 8.95. The molecule has 26 heavy (non-hydrogen) atoms. The number of thioether (sulfide) groups is 1. The molecule has 0 aliphatic carbocycles. The minimum absolute atomic E-state index is 0.0515. The third-order valence-electron chi connectivity index (χ3n) is 3.67. The van der Waals surface area contributed by atoms with Gasteiger partial charge in [0.05, 0.1) is 17.0 Å². The van der Waals surface area contributed by atoms with Gasteiger partial charge >= 0.3 is 5.97 Å². The lowest BCUT2D eigenvalue weighted by atomic mass is 10.1. The Morgan fingerprint density at radius 2 is 1.81 bits per heavy atom. The van der Waals surface area contributed by atoms with Crippen LogP contribution in [0.5, 0.6) is 0 Å². The maximum Gasteiger partial charge on any atom is 0.335 e. The molecular weight excluding hydrogens is 397 g/mol. The SMILES string of the molecule is O=C(O)c1ccc(/C=C2\SC(=O)N(Cc3ccc(Cl)cc3Cl)C2=O)cc1. The van der Waals surface area contributed by atoms with Crippen LogP contribution in [-0.4, -0.2) is 27.1 Å². The van der Waals surface area contributed by atoms with E-state index in [0.717, 1.165) is 16.7 Å². The Morgan fingerprint density at radius 3 is 2.42 bits per heavy atom. The van der Waals surface area contributed by atoms with Crippen LogP contribution in [0.1, 0.15) is 21.5 Å². The first-order valence-electron chi connectivity index (χ1n) is 7.38. The standard InChI is InChI=1S/C18H11Cl2NO4S/c19-13-6-5-12(14(20)8-13)9-21-16(22)15(26-18(21)25)7-10-1-3-11(4-2-10)17(23)24/h1-8H,9H2,(H,23,24)/b15-7-. The second-order valence-corrected chi connectivity index (χ2v) is 7.27. The van der Waals surface area contributed by atoms with Crippen LogP contribution in [0.4, 0.5) is 4.79 Å². The van der Waals surface area contributed by atoms with Gasteiger partial charge in [0.2, 0.25) is 0 Å². The van der Waals surface area contributed by atoms with Crippen LogP contribution in [0.3, 0.4) is 0 Å². The summed E-state index contributed by atoms with van der Waals surface area (Å²) in [5, 5.41) is 9.36. The van der Waals surface area contributed by atoms with Gasteiger partial charge in [0.25, 0.3) is 11.1 Å². The van der Waals surface area contributed by atoms with Gasteiger partial charge < -0.3 is 5.11 Å². The number of rotatable bonds is 4. The highest BCUT2D eigenvalue weighted by Crippen LogP contribution is 2.34. The molecule has 0 spiro atoms. The average molecular weight is 408 g/mol. The Balaban J connectivity index is 1.80. The Bertz CT molecular complexity index is 941. The Kier molecular flexibility index (Phi) is 5.36. The molecule has 5 nitrogen and oxygen atoms in total. The van der Waals surface area contributed by atoms with Crippen molar-refractivity contribution < 1.29 is 19.5 Å². The molecule has 0 atom stereocenters. The number of carboxylic acids is 1. The van der Waals surface area contributed by atoms with Crippen molar-refractivity contribution in [2.24, 2.45) is 0 Å². The van der Waals surface area contributed by atoms with Crippen molar-refractivity contribution >= 4 is 58.2 Å². The van der Waals surface area contributed by atoms with Crippen LogP contribution in [0.15, 0.2) is 47.4 Å². The van der Waals surface area contributed by atoms with Crippen LogP contribution in [0.2, 0.25) is 10.0 Å². The highest BCUT2D eigenvalue weighted by atomic mass is 35.5. The molecule has 8 heteroatoms. The van der Waals surface area contributed by atoms with Gasteiger partial charge in [-0.05, 0) is 53.2 Å². The molecule has 132 valence electrons. The van der Waals surface area contributed by atoms with E-state index in [1.54, 1.807) is 36.4 Å². The number of carbonyl (C=O) groups excluding carboxylic acids is 2. The fourth-order valence-corrected chi connectivity index (χ4v) is 3.64. The molecule has 2 aromatic carbocycles. The highest BCUT2D eigenvalue weighted by Gasteiger charge is 2.35. The molecule has 0 saturated carbocycles. The second kappa shape index (κ2) is 7.53. The minimum atomic E-state index is -1.03. The molecule has 1 heterocycles. The van der Waals surface area contributed by atoms with Crippen molar-refractivity contribution in [2.45, 2.75) is 6.54 Å². The van der Waals surface area contributed by atoms with Gasteiger partial charge in [0.15, 0.2) is 0 Å². The van der Waals surface area contributed by atoms with E-state index in [0.29, 0.717) is 21.2 Å². The van der Waals surface area contributed by atoms with Crippen LogP contribution < -0.4 is 0 Å². The summed E-state index contributed by atoms with van der Waals surface area (Å²) in [6.07, 6.45) is 1.56. The van der Waals surface area contributed by atoms with Crippen molar-refractivity contribution in [3.8, 4) is 0 Å². The fraction of sp³-hybridized carbons (Fsp3) is 0.0556. The van der Waals surface area contributed by atoms with Gasteiger partial charge in [-0.15, -0.1) is 0 Å². The smallest absolute Gasteiger partial charge is 0.335 e. The predicted octanol–water partition coefficient (Wildman–Crippen LogP) is 4.93. The quantitative estimate of drug-likeness (QED) is 0.727. The molecule has 1 fully saturated rings. The van der Waals surface area contributed by atoms with Gasteiger partial charge in [-0.3, -0.25) is 14.5 Å². The largest absolute Gasteiger partial charge is 0.478 e. The number of hydrogen-bond acceptors (Lipinski definition) is 4. The van der Waals surface area contributed by atoms with E-state index in [1.165, 1.54) is 12.1 Å². The summed E-state index contributed by atoms with van der Waals surface area (Å²) < 4.78 is 0. The van der Waals surface area contributed by atoms with E-state index in [2.05, 4.69) is 0 Å². The summed E-state index contributed by atoms with van der Waals surface area (Å²) in [6.45, 7) is 0.0515. The highest BCUT2D eigenvalue weighted by molar-refractivity contribution is 8.18. The third kappa shape index (κ3) is 3.93. The number of halogens is 2. The molecule has 2 amide bonds. The van der Waals surface area contributed by atoms with E-state index in [4.69, 9.17) is 28.3 Å². The number of amides is 2. The van der Waals surface area contributed by atoms with Crippen molar-refractivity contribution in [1.82, 2.24) is 4.90 Å². The van der Waals surface area contributed by atoms with Crippen LogP contribution >= 0.6 is 35.0 Å². The lowest BCUT2D eigenvalue weighted by Gasteiger charge is -2.13. The lowest BCUT2D eigenvalue weighted by Crippen LogP contribution is -2.27. The molecule has 0 aromatic heterocycles. The Hall–Kier alpha value is -2.28. The second-order valence-electron chi connectivity index (χ2n) is 5.43. The molecule has 0 bridgehead atoms. The Labute approximate surface area is 163 Å². The zero-order valence-electron chi connectivity index (χ0n) is 13.1. The number of aromatic carboxylic acids is 1. The van der Waals surface area contributed by atoms with E-state index < -0.39 is 17.1 Å². The van der Waals surface area contributed by atoms with Gasteiger partial charge in [-0.1, -0.05) is 41.4 Å². The number of hydrogen-bond donors (Lipinski definition) is 1. The van der Waals surface area contributed by atoms with E-state index in [1.807, 2.05) is 0 Å². The van der Waals surface area contributed by atoms with E-state index in [9.17, 15) is 14.4 Å². The average Bonchev–Trinajstić information content (AvgIpc) is 2.85. The number of benzene rings is 2. The number of carboxylic acid groups (broad SMARTS) is 1. The van der Waals surface area contributed by atoms with Crippen molar-refractivity contribution in [2.75, 3.05) is 0 Å². The van der Waals surface area contributed by atoms with Crippen molar-refractivity contribution in [1.29, 1.82) is 0 Å². The number of carbonyl (C=O) groups is 3. The molecule has 1 aliphatic rings. The summed E-state index contributed by atoms with van der Waals surface area (Å²) in [5.74, 6) is -1.45. The summed E-state index contributed by atoms with van der Waals surface area (Å²) in [7, 11) is 0. The van der Waals surface area contributed by atoms with Crippen molar-refractivity contribution in [3.05, 3.63) is 74.1 Å². The molecule has 3 rings (SSSR count). The Morgan fingerprint density at radius 1 is 1.12 bits per heavy atom. The minimum Gasteiger partial charge on any atom is -0.478 e. The van der Waals surface area contributed by atoms with Gasteiger partial charge in [-0.25, -0.2) is 4.79 Å². The molecule has 1 saturated heterocycles. The van der Waals surface area contributed by atoms with Crippen LogP contribution in [0, 0.1) is 0 Å². The topological polar surface area (TPSA) is 74.7 Å². The first-order chi connectivity index (χ1) is 12.3. The zero-order chi connectivity index (χ0) is 18.8. The molecule has 1 aliphatic heterocycles. The first kappa shape index (κ1) is 18.5. The fourth-order valence-electron chi connectivity index (χ4n) is 2.33. The third-order valence-corrected chi connectivity index (χ3v) is 5.17. The van der Waals surface area contributed by atoms with Gasteiger partial charge in [0.1, 0.15) is 0 Å². The molecule has 1 N–H and O–H groups in total. The van der Waals surface area contributed by atoms with Crippen LogP contribution in [0.25, 0.3) is 6.08 Å². The monoisotopic (exact) mass is 407 g/mol. The number of nitrogens with zero attached hydrogens (tertiary/aromatic N) is 1. The molecular formula is C18H11Cl2NO4S. The lowest BCUT2D eigenvalue weighted by molar-refractivity contribution is -0.123. The molecule has 0 unspecified atom stereocenters. The van der Waals surface area contributed by atoms with Crippen molar-refractivity contribution in [3.63, 3.8) is 0 Å². The molecule has 0 radical (unpaired) electrons. The maximum atomic E-state index is 12.5. The van der Waals surface area contributed by atoms with Crippen LogP contribution in [-0.2, 0) is 11.3 Å². The normalized spacial score (nSPS) is 15.8. The maximum absolute atomic E-state index is 12.5. The number of imide groups is 1.